The number of methoxy groups -OCH3 is 1. The van der Waals surface area contributed by atoms with Crippen molar-refractivity contribution in [1.29, 1.82) is 0 Å². The summed E-state index contributed by atoms with van der Waals surface area (Å²) in [7, 11) is 1.74. The van der Waals surface area contributed by atoms with Crippen molar-refractivity contribution in [3.8, 4) is 5.75 Å². The standard InChI is InChI=1S/C15H27N3O/c1-5-9-16-12-7-8-15(3,10-12)14-13(19-4)11-17-18(14)6-2/h11-12,16H,5-10H2,1-4H3. The fourth-order valence-electron chi connectivity index (χ4n) is 3.34. The third kappa shape index (κ3) is 2.78. The molecule has 4 nitrogen and oxygen atoms in total. The molecule has 1 heterocycles. The van der Waals surface area contributed by atoms with E-state index in [9.17, 15) is 0 Å². The summed E-state index contributed by atoms with van der Waals surface area (Å²) in [5.41, 5.74) is 1.46. The van der Waals surface area contributed by atoms with Crippen LogP contribution in [0.25, 0.3) is 0 Å². The molecular formula is C15H27N3O. The normalized spacial score (nSPS) is 26.8. The summed E-state index contributed by atoms with van der Waals surface area (Å²) in [6, 6.07) is 0.634. The second-order valence-corrected chi connectivity index (χ2v) is 5.83. The Balaban J connectivity index is 2.19. The summed E-state index contributed by atoms with van der Waals surface area (Å²) in [6.45, 7) is 8.73. The second kappa shape index (κ2) is 5.95. The maximum Gasteiger partial charge on any atom is 0.160 e. The van der Waals surface area contributed by atoms with Crippen molar-refractivity contribution in [2.24, 2.45) is 0 Å². The van der Waals surface area contributed by atoms with Crippen LogP contribution < -0.4 is 10.1 Å². The van der Waals surface area contributed by atoms with Crippen LogP contribution in [0.4, 0.5) is 0 Å². The van der Waals surface area contributed by atoms with Crippen molar-refractivity contribution >= 4 is 0 Å². The Labute approximate surface area is 116 Å². The number of hydrogen-bond donors (Lipinski definition) is 1. The molecule has 1 aromatic heterocycles. The van der Waals surface area contributed by atoms with E-state index in [1.165, 1.54) is 31.4 Å². The number of rotatable bonds is 6. The largest absolute Gasteiger partial charge is 0.493 e. The number of aromatic nitrogens is 2. The zero-order chi connectivity index (χ0) is 13.9. The molecule has 2 unspecified atom stereocenters. The molecule has 108 valence electrons. The number of ether oxygens (including phenoxy) is 1. The fraction of sp³-hybridized carbons (Fsp3) is 0.800. The number of nitrogens with zero attached hydrogens (tertiary/aromatic N) is 2. The molecule has 0 saturated heterocycles. The van der Waals surface area contributed by atoms with Gasteiger partial charge in [0.05, 0.1) is 19.0 Å². The third-order valence-corrected chi connectivity index (χ3v) is 4.32. The molecule has 1 aliphatic carbocycles. The van der Waals surface area contributed by atoms with Gasteiger partial charge in [0.2, 0.25) is 0 Å². The van der Waals surface area contributed by atoms with Gasteiger partial charge in [-0.25, -0.2) is 0 Å². The van der Waals surface area contributed by atoms with Gasteiger partial charge in [0.15, 0.2) is 5.75 Å². The molecule has 2 rings (SSSR count). The van der Waals surface area contributed by atoms with E-state index in [0.717, 1.165) is 18.8 Å². The summed E-state index contributed by atoms with van der Waals surface area (Å²) in [4.78, 5) is 0. The molecule has 0 amide bonds. The number of hydrogen-bond acceptors (Lipinski definition) is 3. The molecule has 0 radical (unpaired) electrons. The highest BCUT2D eigenvalue weighted by Crippen LogP contribution is 2.44. The molecular weight excluding hydrogens is 238 g/mol. The van der Waals surface area contributed by atoms with Crippen LogP contribution in [0.5, 0.6) is 5.75 Å². The summed E-state index contributed by atoms with van der Waals surface area (Å²) in [5.74, 6) is 0.945. The average molecular weight is 265 g/mol. The lowest BCUT2D eigenvalue weighted by Crippen LogP contribution is -2.30. The van der Waals surface area contributed by atoms with Crippen LogP contribution in [0.3, 0.4) is 0 Å². The fourth-order valence-corrected chi connectivity index (χ4v) is 3.34. The van der Waals surface area contributed by atoms with Crippen molar-refractivity contribution in [3.63, 3.8) is 0 Å². The van der Waals surface area contributed by atoms with E-state index in [4.69, 9.17) is 4.74 Å². The minimum atomic E-state index is 0.184. The maximum atomic E-state index is 5.52. The maximum absolute atomic E-state index is 5.52. The van der Waals surface area contributed by atoms with Gasteiger partial charge in [-0.1, -0.05) is 13.8 Å². The van der Waals surface area contributed by atoms with Crippen molar-refractivity contribution in [3.05, 3.63) is 11.9 Å². The van der Waals surface area contributed by atoms with Crippen LogP contribution in [0.1, 0.15) is 52.1 Å². The smallest absolute Gasteiger partial charge is 0.160 e. The highest BCUT2D eigenvalue weighted by molar-refractivity contribution is 5.33. The quantitative estimate of drug-likeness (QED) is 0.859. The van der Waals surface area contributed by atoms with Crippen molar-refractivity contribution in [2.75, 3.05) is 13.7 Å². The molecule has 0 aromatic carbocycles. The van der Waals surface area contributed by atoms with E-state index in [2.05, 4.69) is 35.9 Å². The number of nitrogens with one attached hydrogen (secondary N) is 1. The second-order valence-electron chi connectivity index (χ2n) is 5.83. The van der Waals surface area contributed by atoms with Crippen LogP contribution >= 0.6 is 0 Å². The van der Waals surface area contributed by atoms with E-state index < -0.39 is 0 Å². The van der Waals surface area contributed by atoms with Crippen LogP contribution in [0.2, 0.25) is 0 Å². The highest BCUT2D eigenvalue weighted by atomic mass is 16.5. The molecule has 4 heteroatoms. The molecule has 19 heavy (non-hydrogen) atoms. The lowest BCUT2D eigenvalue weighted by molar-refractivity contribution is 0.365. The highest BCUT2D eigenvalue weighted by Gasteiger charge is 2.40. The Hall–Kier alpha value is -1.03. The zero-order valence-corrected chi connectivity index (χ0v) is 12.7. The first kappa shape index (κ1) is 14.4. The lowest BCUT2D eigenvalue weighted by Gasteiger charge is -2.26. The summed E-state index contributed by atoms with van der Waals surface area (Å²) in [6.07, 6.45) is 6.68. The van der Waals surface area contributed by atoms with Crippen molar-refractivity contribution in [1.82, 2.24) is 15.1 Å². The van der Waals surface area contributed by atoms with Gasteiger partial charge in [-0.05, 0) is 39.2 Å². The van der Waals surface area contributed by atoms with Crippen LogP contribution in [-0.2, 0) is 12.0 Å². The van der Waals surface area contributed by atoms with E-state index in [0.29, 0.717) is 6.04 Å². The van der Waals surface area contributed by atoms with E-state index >= 15 is 0 Å². The van der Waals surface area contributed by atoms with Crippen LogP contribution in [0, 0.1) is 0 Å². The predicted molar refractivity (Wildman–Crippen MR) is 77.7 cm³/mol. The summed E-state index contributed by atoms with van der Waals surface area (Å²) < 4.78 is 7.62. The average Bonchev–Trinajstić information content (AvgIpc) is 3.00. The molecule has 1 N–H and O–H groups in total. The predicted octanol–water partition coefficient (Wildman–Crippen LogP) is 2.72. The molecule has 0 spiro atoms. The van der Waals surface area contributed by atoms with E-state index in [-0.39, 0.29) is 5.41 Å². The molecule has 0 bridgehead atoms. The van der Waals surface area contributed by atoms with Crippen molar-refractivity contribution in [2.45, 2.75) is 64.5 Å². The molecule has 1 aliphatic rings. The topological polar surface area (TPSA) is 39.1 Å². The van der Waals surface area contributed by atoms with Gasteiger partial charge in [-0.3, -0.25) is 4.68 Å². The van der Waals surface area contributed by atoms with E-state index in [1.54, 1.807) is 7.11 Å². The molecule has 1 aromatic rings. The number of aryl methyl sites for hydroxylation is 1. The van der Waals surface area contributed by atoms with Crippen LogP contribution in [-0.4, -0.2) is 29.5 Å². The Morgan fingerprint density at radius 2 is 2.32 bits per heavy atom. The van der Waals surface area contributed by atoms with E-state index in [1.807, 2.05) is 6.20 Å². The SMILES string of the molecule is CCCNC1CCC(C)(c2c(OC)cnn2CC)C1. The van der Waals surface area contributed by atoms with Gasteiger partial charge >= 0.3 is 0 Å². The Bertz CT molecular complexity index is 394. The summed E-state index contributed by atoms with van der Waals surface area (Å²) >= 11 is 0. The summed E-state index contributed by atoms with van der Waals surface area (Å²) in [5, 5.41) is 8.11. The van der Waals surface area contributed by atoms with Crippen LogP contribution in [0.15, 0.2) is 6.20 Å². The van der Waals surface area contributed by atoms with Gasteiger partial charge in [-0.15, -0.1) is 0 Å². The van der Waals surface area contributed by atoms with Gasteiger partial charge in [0, 0.05) is 18.0 Å². The molecule has 2 atom stereocenters. The van der Waals surface area contributed by atoms with Gasteiger partial charge in [0.1, 0.15) is 0 Å². The molecule has 1 saturated carbocycles. The first-order valence-electron chi connectivity index (χ1n) is 7.48. The molecule has 1 fully saturated rings. The molecule has 0 aliphatic heterocycles. The zero-order valence-electron chi connectivity index (χ0n) is 12.7. The Morgan fingerprint density at radius 1 is 1.53 bits per heavy atom. The monoisotopic (exact) mass is 265 g/mol. The minimum absolute atomic E-state index is 0.184. The van der Waals surface area contributed by atoms with Gasteiger partial charge < -0.3 is 10.1 Å². The van der Waals surface area contributed by atoms with Gasteiger partial charge in [-0.2, -0.15) is 5.10 Å². The Kier molecular flexibility index (Phi) is 4.50. The third-order valence-electron chi connectivity index (χ3n) is 4.32. The lowest BCUT2D eigenvalue weighted by atomic mass is 9.84. The van der Waals surface area contributed by atoms with Crippen molar-refractivity contribution < 1.29 is 4.74 Å². The first-order valence-corrected chi connectivity index (χ1v) is 7.48. The Morgan fingerprint density at radius 3 is 2.95 bits per heavy atom. The first-order chi connectivity index (χ1) is 9.14. The minimum Gasteiger partial charge on any atom is -0.493 e. The van der Waals surface area contributed by atoms with Gasteiger partial charge in [0.25, 0.3) is 0 Å².